The third-order valence-electron chi connectivity index (χ3n) is 2.45. The number of methoxy groups -OCH3 is 1. The van der Waals surface area contributed by atoms with Crippen molar-refractivity contribution in [1.82, 2.24) is 0 Å². The van der Waals surface area contributed by atoms with E-state index in [9.17, 15) is 5.11 Å². The summed E-state index contributed by atoms with van der Waals surface area (Å²) in [5, 5.41) is 9.57. The lowest BCUT2D eigenvalue weighted by Gasteiger charge is -2.13. The molecule has 0 fully saturated rings. The van der Waals surface area contributed by atoms with Crippen molar-refractivity contribution >= 4 is 0 Å². The molecule has 0 saturated carbocycles. The number of phenols is 1. The van der Waals surface area contributed by atoms with E-state index in [1.54, 1.807) is 12.1 Å². The zero-order valence-electron chi connectivity index (χ0n) is 8.66. The van der Waals surface area contributed by atoms with Gasteiger partial charge in [-0.2, -0.15) is 0 Å². The maximum atomic E-state index is 9.57. The van der Waals surface area contributed by atoms with Crippen molar-refractivity contribution in [3.8, 4) is 11.5 Å². The van der Waals surface area contributed by atoms with E-state index in [2.05, 4.69) is 6.92 Å². The number of rotatable bonds is 4. The summed E-state index contributed by atoms with van der Waals surface area (Å²) < 4.78 is 4.97. The molecule has 0 bridgehead atoms. The summed E-state index contributed by atoms with van der Waals surface area (Å²) in [5.41, 5.74) is 6.69. The van der Waals surface area contributed by atoms with Crippen LogP contribution in [0.15, 0.2) is 18.2 Å². The lowest BCUT2D eigenvalue weighted by molar-refractivity contribution is 0.372. The Hall–Kier alpha value is -1.22. The summed E-state index contributed by atoms with van der Waals surface area (Å²) in [6.07, 6.45) is 0.974. The molecule has 1 aromatic rings. The van der Waals surface area contributed by atoms with Gasteiger partial charge in [-0.15, -0.1) is 0 Å². The van der Waals surface area contributed by atoms with Gasteiger partial charge >= 0.3 is 0 Å². The topological polar surface area (TPSA) is 55.5 Å². The molecule has 0 amide bonds. The summed E-state index contributed by atoms with van der Waals surface area (Å²) in [5.74, 6) is 0.990. The van der Waals surface area contributed by atoms with Crippen LogP contribution >= 0.6 is 0 Å². The van der Waals surface area contributed by atoms with E-state index in [1.165, 1.54) is 7.11 Å². The van der Waals surface area contributed by atoms with Gasteiger partial charge in [0, 0.05) is 0 Å². The van der Waals surface area contributed by atoms with Gasteiger partial charge in [-0.3, -0.25) is 0 Å². The van der Waals surface area contributed by atoms with E-state index in [1.807, 2.05) is 6.07 Å². The summed E-state index contributed by atoms with van der Waals surface area (Å²) in [7, 11) is 1.54. The summed E-state index contributed by atoms with van der Waals surface area (Å²) >= 11 is 0. The van der Waals surface area contributed by atoms with Gasteiger partial charge in [0.15, 0.2) is 11.5 Å². The normalized spacial score (nSPS) is 12.5. The predicted octanol–water partition coefficient (Wildman–Crippen LogP) is 1.85. The number of hydrogen-bond acceptors (Lipinski definition) is 3. The van der Waals surface area contributed by atoms with Crippen LogP contribution in [-0.2, 0) is 0 Å². The Morgan fingerprint density at radius 2 is 2.21 bits per heavy atom. The Kier molecular flexibility index (Phi) is 3.77. The van der Waals surface area contributed by atoms with Crippen molar-refractivity contribution in [3.63, 3.8) is 0 Å². The largest absolute Gasteiger partial charge is 0.504 e. The molecule has 0 saturated heterocycles. The van der Waals surface area contributed by atoms with Gasteiger partial charge in [0.2, 0.25) is 0 Å². The number of aromatic hydroxyl groups is 1. The van der Waals surface area contributed by atoms with Crippen molar-refractivity contribution in [2.45, 2.75) is 19.3 Å². The van der Waals surface area contributed by atoms with E-state index in [-0.39, 0.29) is 5.75 Å². The zero-order valence-corrected chi connectivity index (χ0v) is 8.66. The minimum atomic E-state index is 0.178. The van der Waals surface area contributed by atoms with Crippen LogP contribution in [0.5, 0.6) is 11.5 Å². The molecular formula is C11H17NO2. The summed E-state index contributed by atoms with van der Waals surface area (Å²) in [6, 6.07) is 5.43. The number of ether oxygens (including phenoxy) is 1. The van der Waals surface area contributed by atoms with E-state index >= 15 is 0 Å². The van der Waals surface area contributed by atoms with Crippen molar-refractivity contribution in [3.05, 3.63) is 23.8 Å². The molecule has 0 aliphatic carbocycles. The Morgan fingerprint density at radius 1 is 1.50 bits per heavy atom. The Labute approximate surface area is 84.5 Å². The van der Waals surface area contributed by atoms with E-state index in [0.717, 1.165) is 12.0 Å². The SMILES string of the molecule is CCC(CN)c1ccc(OC)c(O)c1. The Morgan fingerprint density at radius 3 is 2.64 bits per heavy atom. The van der Waals surface area contributed by atoms with Crippen LogP contribution in [0.2, 0.25) is 0 Å². The third-order valence-corrected chi connectivity index (χ3v) is 2.45. The lowest BCUT2D eigenvalue weighted by Crippen LogP contribution is -2.11. The van der Waals surface area contributed by atoms with Gasteiger partial charge in [-0.1, -0.05) is 13.0 Å². The fourth-order valence-electron chi connectivity index (χ4n) is 1.50. The molecule has 1 unspecified atom stereocenters. The number of phenolic OH excluding ortho intramolecular Hbond substituents is 1. The Balaban J connectivity index is 2.95. The first-order valence-electron chi connectivity index (χ1n) is 4.79. The molecule has 3 heteroatoms. The molecule has 1 atom stereocenters. The number of benzene rings is 1. The number of nitrogens with two attached hydrogens (primary N) is 1. The second kappa shape index (κ2) is 4.86. The first-order chi connectivity index (χ1) is 6.72. The Bertz CT molecular complexity index is 295. The van der Waals surface area contributed by atoms with Crippen molar-refractivity contribution in [1.29, 1.82) is 0 Å². The highest BCUT2D eigenvalue weighted by Gasteiger charge is 2.09. The van der Waals surface area contributed by atoms with Crippen molar-refractivity contribution < 1.29 is 9.84 Å². The molecule has 14 heavy (non-hydrogen) atoms. The predicted molar refractivity (Wildman–Crippen MR) is 56.7 cm³/mol. The van der Waals surface area contributed by atoms with Gasteiger partial charge in [0.25, 0.3) is 0 Å². The fourth-order valence-corrected chi connectivity index (χ4v) is 1.50. The van der Waals surface area contributed by atoms with Crippen LogP contribution in [0.1, 0.15) is 24.8 Å². The molecule has 1 aromatic carbocycles. The molecule has 0 heterocycles. The van der Waals surface area contributed by atoms with Crippen LogP contribution in [0, 0.1) is 0 Å². The van der Waals surface area contributed by atoms with Gasteiger partial charge in [-0.25, -0.2) is 0 Å². The van der Waals surface area contributed by atoms with Crippen molar-refractivity contribution in [2.24, 2.45) is 5.73 Å². The molecule has 3 nitrogen and oxygen atoms in total. The van der Waals surface area contributed by atoms with Gasteiger partial charge in [0.05, 0.1) is 7.11 Å². The minimum absolute atomic E-state index is 0.178. The van der Waals surface area contributed by atoms with E-state index in [4.69, 9.17) is 10.5 Å². The first-order valence-corrected chi connectivity index (χ1v) is 4.79. The highest BCUT2D eigenvalue weighted by molar-refractivity contribution is 5.42. The molecule has 0 radical (unpaired) electrons. The average Bonchev–Trinajstić information content (AvgIpc) is 2.20. The smallest absolute Gasteiger partial charge is 0.160 e. The summed E-state index contributed by atoms with van der Waals surface area (Å²) in [4.78, 5) is 0. The lowest BCUT2D eigenvalue weighted by atomic mass is 9.96. The van der Waals surface area contributed by atoms with Crippen LogP contribution in [0.3, 0.4) is 0 Å². The first kappa shape index (κ1) is 10.9. The number of hydrogen-bond donors (Lipinski definition) is 2. The second-order valence-electron chi connectivity index (χ2n) is 3.27. The maximum absolute atomic E-state index is 9.57. The minimum Gasteiger partial charge on any atom is -0.504 e. The molecule has 0 aromatic heterocycles. The zero-order chi connectivity index (χ0) is 10.6. The molecule has 0 aliphatic heterocycles. The van der Waals surface area contributed by atoms with Crippen LogP contribution in [0.4, 0.5) is 0 Å². The maximum Gasteiger partial charge on any atom is 0.160 e. The monoisotopic (exact) mass is 195 g/mol. The van der Waals surface area contributed by atoms with Gasteiger partial charge in [0.1, 0.15) is 0 Å². The highest BCUT2D eigenvalue weighted by atomic mass is 16.5. The molecule has 1 rings (SSSR count). The molecule has 78 valence electrons. The molecular weight excluding hydrogens is 178 g/mol. The molecule has 0 aliphatic rings. The van der Waals surface area contributed by atoms with Crippen LogP contribution in [0.25, 0.3) is 0 Å². The standard InChI is InChI=1S/C11H17NO2/c1-3-8(7-12)9-4-5-11(14-2)10(13)6-9/h4-6,8,13H,3,7,12H2,1-2H3. The second-order valence-corrected chi connectivity index (χ2v) is 3.27. The molecule has 0 spiro atoms. The van der Waals surface area contributed by atoms with Gasteiger partial charge < -0.3 is 15.6 Å². The molecule has 3 N–H and O–H groups in total. The average molecular weight is 195 g/mol. The van der Waals surface area contributed by atoms with Crippen LogP contribution < -0.4 is 10.5 Å². The van der Waals surface area contributed by atoms with Gasteiger partial charge in [-0.05, 0) is 36.6 Å². The van der Waals surface area contributed by atoms with Crippen LogP contribution in [-0.4, -0.2) is 18.8 Å². The van der Waals surface area contributed by atoms with Crippen molar-refractivity contribution in [2.75, 3.05) is 13.7 Å². The summed E-state index contributed by atoms with van der Waals surface area (Å²) in [6.45, 7) is 2.68. The third kappa shape index (κ3) is 2.17. The van der Waals surface area contributed by atoms with E-state index < -0.39 is 0 Å². The highest BCUT2D eigenvalue weighted by Crippen LogP contribution is 2.30. The quantitative estimate of drug-likeness (QED) is 0.771. The fraction of sp³-hybridized carbons (Fsp3) is 0.455. The van der Waals surface area contributed by atoms with E-state index in [0.29, 0.717) is 18.2 Å².